The van der Waals surface area contributed by atoms with Gasteiger partial charge < -0.3 is 20.7 Å². The minimum Gasteiger partial charge on any atom is -0.497 e. The fraction of sp³-hybridized carbons (Fsp3) is 0.176. The van der Waals surface area contributed by atoms with E-state index in [4.69, 9.17) is 4.74 Å². The van der Waals surface area contributed by atoms with Gasteiger partial charge in [0.2, 0.25) is 0 Å². The Bertz CT molecular complexity index is 731. The van der Waals surface area contributed by atoms with Crippen molar-refractivity contribution >= 4 is 17.6 Å². The van der Waals surface area contributed by atoms with Gasteiger partial charge in [-0.3, -0.25) is 4.79 Å². The number of hydrogen-bond donors (Lipinski definition) is 3. The van der Waals surface area contributed by atoms with E-state index in [0.29, 0.717) is 17.4 Å². The molecule has 0 bridgehead atoms. The van der Waals surface area contributed by atoms with Gasteiger partial charge in [-0.2, -0.15) is 0 Å². The van der Waals surface area contributed by atoms with Crippen LogP contribution in [-0.4, -0.2) is 32.1 Å². The van der Waals surface area contributed by atoms with Crippen LogP contribution in [0.3, 0.4) is 0 Å². The summed E-state index contributed by atoms with van der Waals surface area (Å²) in [6.07, 6.45) is 0. The van der Waals surface area contributed by atoms with Gasteiger partial charge in [0.1, 0.15) is 17.4 Å². The first kappa shape index (κ1) is 18.2. The third-order valence-corrected chi connectivity index (χ3v) is 3.17. The highest BCUT2D eigenvalue weighted by Gasteiger charge is 2.07. The number of ether oxygens (including phenoxy) is 1. The lowest BCUT2D eigenvalue weighted by Gasteiger charge is -2.09. The van der Waals surface area contributed by atoms with Crippen molar-refractivity contribution in [3.05, 3.63) is 59.7 Å². The summed E-state index contributed by atoms with van der Waals surface area (Å²) in [7, 11) is 1.53. The van der Waals surface area contributed by atoms with Crippen LogP contribution in [0.2, 0.25) is 0 Å². The molecule has 0 spiro atoms. The Morgan fingerprint density at radius 3 is 2.16 bits per heavy atom. The Balaban J connectivity index is 1.72. The topological polar surface area (TPSA) is 79.5 Å². The van der Waals surface area contributed by atoms with Crippen LogP contribution in [0, 0.1) is 11.6 Å². The van der Waals surface area contributed by atoms with Gasteiger partial charge in [0.25, 0.3) is 5.91 Å². The highest BCUT2D eigenvalue weighted by Crippen LogP contribution is 2.12. The predicted molar refractivity (Wildman–Crippen MR) is 88.7 cm³/mol. The summed E-state index contributed by atoms with van der Waals surface area (Å²) in [5, 5.41) is 7.40. The van der Waals surface area contributed by atoms with Crippen LogP contribution in [0.25, 0.3) is 0 Å². The first-order valence-corrected chi connectivity index (χ1v) is 7.41. The number of halogens is 2. The summed E-state index contributed by atoms with van der Waals surface area (Å²) >= 11 is 0. The van der Waals surface area contributed by atoms with Crippen LogP contribution < -0.4 is 20.7 Å². The molecule has 3 amide bonds. The molecule has 0 aromatic heterocycles. The van der Waals surface area contributed by atoms with Gasteiger partial charge in [-0.1, -0.05) is 0 Å². The number of anilines is 1. The second-order valence-electron chi connectivity index (χ2n) is 5.02. The molecular formula is C17H17F2N3O3. The molecule has 6 nitrogen and oxygen atoms in total. The zero-order chi connectivity index (χ0) is 18.2. The number of methoxy groups -OCH3 is 1. The van der Waals surface area contributed by atoms with Crippen molar-refractivity contribution in [3.8, 4) is 5.75 Å². The zero-order valence-corrected chi connectivity index (χ0v) is 13.4. The van der Waals surface area contributed by atoms with Crippen molar-refractivity contribution in [2.24, 2.45) is 0 Å². The van der Waals surface area contributed by atoms with Gasteiger partial charge in [0.05, 0.1) is 7.11 Å². The summed E-state index contributed by atoms with van der Waals surface area (Å²) < 4.78 is 31.0. The SMILES string of the molecule is COc1ccc(C(=O)NCCNC(=O)Nc2cc(F)cc(F)c2)cc1. The van der Waals surface area contributed by atoms with Crippen LogP contribution in [-0.2, 0) is 0 Å². The standard InChI is InChI=1S/C17H17F2N3O3/c1-25-15-4-2-11(3-5-15)16(23)20-6-7-21-17(24)22-14-9-12(18)8-13(19)10-14/h2-5,8-10H,6-7H2,1H3,(H,20,23)(H2,21,22,24). The van der Waals surface area contributed by atoms with Gasteiger partial charge in [0, 0.05) is 30.4 Å². The lowest BCUT2D eigenvalue weighted by molar-refractivity contribution is 0.0954. The number of benzene rings is 2. The molecule has 0 heterocycles. The average molecular weight is 349 g/mol. The van der Waals surface area contributed by atoms with E-state index in [-0.39, 0.29) is 24.7 Å². The third kappa shape index (κ3) is 5.76. The smallest absolute Gasteiger partial charge is 0.319 e. The Kier molecular flexibility index (Phi) is 6.27. The summed E-state index contributed by atoms with van der Waals surface area (Å²) in [6, 6.07) is 8.63. The molecule has 2 aromatic carbocycles. The fourth-order valence-electron chi connectivity index (χ4n) is 2.00. The monoisotopic (exact) mass is 349 g/mol. The molecule has 0 atom stereocenters. The fourth-order valence-corrected chi connectivity index (χ4v) is 2.00. The van der Waals surface area contributed by atoms with E-state index in [1.165, 1.54) is 7.11 Å². The molecule has 0 aliphatic carbocycles. The van der Waals surface area contributed by atoms with Crippen molar-refractivity contribution in [1.82, 2.24) is 10.6 Å². The Labute approximate surface area is 143 Å². The molecule has 3 N–H and O–H groups in total. The number of hydrogen-bond acceptors (Lipinski definition) is 3. The van der Waals surface area contributed by atoms with Crippen LogP contribution in [0.5, 0.6) is 5.75 Å². The first-order valence-electron chi connectivity index (χ1n) is 7.41. The Hall–Kier alpha value is -3.16. The lowest BCUT2D eigenvalue weighted by Crippen LogP contribution is -2.36. The highest BCUT2D eigenvalue weighted by atomic mass is 19.1. The van der Waals surface area contributed by atoms with Crippen molar-refractivity contribution < 1.29 is 23.1 Å². The molecule has 8 heteroatoms. The number of carbonyl (C=O) groups is 2. The van der Waals surface area contributed by atoms with E-state index in [1.54, 1.807) is 24.3 Å². The first-order chi connectivity index (χ1) is 12.0. The summed E-state index contributed by atoms with van der Waals surface area (Å²) in [5.74, 6) is -1.23. The maximum Gasteiger partial charge on any atom is 0.319 e. The molecule has 0 aliphatic rings. The van der Waals surface area contributed by atoms with Crippen molar-refractivity contribution in [1.29, 1.82) is 0 Å². The van der Waals surface area contributed by atoms with Crippen molar-refractivity contribution in [2.75, 3.05) is 25.5 Å². The van der Waals surface area contributed by atoms with E-state index >= 15 is 0 Å². The second-order valence-corrected chi connectivity index (χ2v) is 5.02. The Morgan fingerprint density at radius 1 is 0.960 bits per heavy atom. The number of urea groups is 1. The molecule has 0 aliphatic heterocycles. The normalized spacial score (nSPS) is 10.0. The number of nitrogens with one attached hydrogen (secondary N) is 3. The molecular weight excluding hydrogens is 332 g/mol. The summed E-state index contributed by atoms with van der Waals surface area (Å²) in [4.78, 5) is 23.5. The molecule has 25 heavy (non-hydrogen) atoms. The molecule has 2 rings (SSSR count). The molecule has 2 aromatic rings. The third-order valence-electron chi connectivity index (χ3n) is 3.17. The predicted octanol–water partition coefficient (Wildman–Crippen LogP) is 2.52. The van der Waals surface area contributed by atoms with Gasteiger partial charge in [-0.05, 0) is 36.4 Å². The van der Waals surface area contributed by atoms with Gasteiger partial charge in [-0.15, -0.1) is 0 Å². The van der Waals surface area contributed by atoms with Crippen molar-refractivity contribution in [3.63, 3.8) is 0 Å². The van der Waals surface area contributed by atoms with E-state index in [2.05, 4.69) is 16.0 Å². The van der Waals surface area contributed by atoms with Gasteiger partial charge >= 0.3 is 6.03 Å². The lowest BCUT2D eigenvalue weighted by atomic mass is 10.2. The summed E-state index contributed by atoms with van der Waals surface area (Å²) in [5.41, 5.74) is 0.456. The number of rotatable bonds is 6. The largest absolute Gasteiger partial charge is 0.497 e. The second kappa shape index (κ2) is 8.62. The van der Waals surface area contributed by atoms with Crippen LogP contribution in [0.15, 0.2) is 42.5 Å². The minimum atomic E-state index is -0.790. The average Bonchev–Trinajstić information content (AvgIpc) is 2.57. The maximum absolute atomic E-state index is 13.0. The summed E-state index contributed by atoms with van der Waals surface area (Å²) in [6.45, 7) is 0.335. The maximum atomic E-state index is 13.0. The van der Waals surface area contributed by atoms with E-state index < -0.39 is 17.7 Å². The highest BCUT2D eigenvalue weighted by molar-refractivity contribution is 5.94. The molecule has 0 radical (unpaired) electrons. The van der Waals surface area contributed by atoms with E-state index in [0.717, 1.165) is 12.1 Å². The molecule has 0 unspecified atom stereocenters. The van der Waals surface area contributed by atoms with Gasteiger partial charge in [0.15, 0.2) is 0 Å². The van der Waals surface area contributed by atoms with Crippen LogP contribution >= 0.6 is 0 Å². The van der Waals surface area contributed by atoms with Gasteiger partial charge in [-0.25, -0.2) is 13.6 Å². The Morgan fingerprint density at radius 2 is 1.56 bits per heavy atom. The van der Waals surface area contributed by atoms with Crippen molar-refractivity contribution in [2.45, 2.75) is 0 Å². The molecule has 0 fully saturated rings. The molecule has 132 valence electrons. The number of carbonyl (C=O) groups excluding carboxylic acids is 2. The van der Waals surface area contributed by atoms with Crippen LogP contribution in [0.4, 0.5) is 19.3 Å². The zero-order valence-electron chi connectivity index (χ0n) is 13.4. The number of amides is 3. The van der Waals surface area contributed by atoms with E-state index in [9.17, 15) is 18.4 Å². The van der Waals surface area contributed by atoms with E-state index in [1.807, 2.05) is 0 Å². The van der Waals surface area contributed by atoms with Crippen LogP contribution in [0.1, 0.15) is 10.4 Å². The quantitative estimate of drug-likeness (QED) is 0.701. The molecule has 0 saturated heterocycles. The minimum absolute atomic E-state index is 0.00253. The molecule has 0 saturated carbocycles.